The van der Waals surface area contributed by atoms with Gasteiger partial charge in [0.15, 0.2) is 5.28 Å². The summed E-state index contributed by atoms with van der Waals surface area (Å²) in [6.45, 7) is 2.73. The van der Waals surface area contributed by atoms with E-state index in [1.54, 1.807) is 23.2 Å². The molecule has 1 saturated heterocycles. The second kappa shape index (κ2) is 7.79. The first-order valence-electron chi connectivity index (χ1n) is 10.4. The maximum absolute atomic E-state index is 14.8. The van der Waals surface area contributed by atoms with Crippen molar-refractivity contribution >= 4 is 39.2 Å². The number of imidazole rings is 2. The zero-order valence-corrected chi connectivity index (χ0v) is 18.0. The van der Waals surface area contributed by atoms with Gasteiger partial charge in [0.1, 0.15) is 23.5 Å². The summed E-state index contributed by atoms with van der Waals surface area (Å²) in [7, 11) is 0. The number of pyridine rings is 1. The lowest BCUT2D eigenvalue weighted by Crippen LogP contribution is -2.36. The van der Waals surface area contributed by atoms with Crippen molar-refractivity contribution in [1.29, 1.82) is 0 Å². The topological polar surface area (TPSA) is 71.9 Å². The Balaban J connectivity index is 1.64. The highest BCUT2D eigenvalue weighted by Gasteiger charge is 2.20. The number of hydrogen-bond donors (Lipinski definition) is 1. The average molecular weight is 467 g/mol. The summed E-state index contributed by atoms with van der Waals surface area (Å²) in [5, 5.41) is 0.367. The van der Waals surface area contributed by atoms with Gasteiger partial charge in [-0.3, -0.25) is 9.55 Å². The van der Waals surface area contributed by atoms with Gasteiger partial charge in [-0.2, -0.15) is 0 Å². The van der Waals surface area contributed by atoms with Gasteiger partial charge < -0.3 is 14.6 Å². The van der Waals surface area contributed by atoms with Crippen LogP contribution in [0.2, 0.25) is 5.28 Å². The lowest BCUT2D eigenvalue weighted by atomic mass is 10.1. The maximum Gasteiger partial charge on any atom is 0.200 e. The molecule has 1 aliphatic rings. The van der Waals surface area contributed by atoms with E-state index in [0.717, 1.165) is 42.0 Å². The van der Waals surface area contributed by atoms with E-state index in [4.69, 9.17) is 16.3 Å². The van der Waals surface area contributed by atoms with Crippen molar-refractivity contribution in [2.45, 2.75) is 0 Å². The summed E-state index contributed by atoms with van der Waals surface area (Å²) in [6, 6.07) is 7.87. The van der Waals surface area contributed by atoms with Gasteiger partial charge in [0.25, 0.3) is 0 Å². The molecule has 0 bridgehead atoms. The zero-order chi connectivity index (χ0) is 22.5. The predicted molar refractivity (Wildman–Crippen MR) is 122 cm³/mol. The molecule has 6 rings (SSSR count). The van der Waals surface area contributed by atoms with Crippen LogP contribution in [0.15, 0.2) is 49.1 Å². The van der Waals surface area contributed by atoms with Crippen molar-refractivity contribution in [3.8, 4) is 16.9 Å². The molecule has 33 heavy (non-hydrogen) atoms. The average Bonchev–Trinajstić information content (AvgIpc) is 3.47. The van der Waals surface area contributed by atoms with E-state index in [-0.39, 0.29) is 16.2 Å². The second-order valence-corrected chi connectivity index (χ2v) is 8.10. The van der Waals surface area contributed by atoms with Gasteiger partial charge in [-0.1, -0.05) is 0 Å². The molecule has 1 fully saturated rings. The molecule has 1 aliphatic heterocycles. The molecule has 7 nitrogen and oxygen atoms in total. The Kier molecular flexibility index (Phi) is 4.74. The lowest BCUT2D eigenvalue weighted by molar-refractivity contribution is 0.122. The van der Waals surface area contributed by atoms with Gasteiger partial charge in [-0.25, -0.2) is 18.7 Å². The van der Waals surface area contributed by atoms with Crippen LogP contribution in [-0.4, -0.2) is 50.8 Å². The largest absolute Gasteiger partial charge is 0.378 e. The van der Waals surface area contributed by atoms with E-state index in [1.165, 1.54) is 6.20 Å². The minimum atomic E-state index is -0.584. The first-order valence-corrected chi connectivity index (χ1v) is 10.8. The molecule has 0 radical (unpaired) electrons. The number of anilines is 1. The number of nitrogens with zero attached hydrogens (tertiary/aromatic N) is 5. The van der Waals surface area contributed by atoms with Crippen molar-refractivity contribution < 1.29 is 13.5 Å². The van der Waals surface area contributed by atoms with Gasteiger partial charge in [0, 0.05) is 30.5 Å². The minimum Gasteiger partial charge on any atom is -0.378 e. The first kappa shape index (κ1) is 20.1. The zero-order valence-electron chi connectivity index (χ0n) is 17.2. The van der Waals surface area contributed by atoms with Gasteiger partial charge >= 0.3 is 0 Å². The number of hydrogen-bond acceptors (Lipinski definition) is 5. The molecule has 5 aromatic rings. The van der Waals surface area contributed by atoms with Crippen LogP contribution in [0.1, 0.15) is 0 Å². The summed E-state index contributed by atoms with van der Waals surface area (Å²) in [4.78, 5) is 18.0. The molecule has 0 spiro atoms. The monoisotopic (exact) mass is 466 g/mol. The van der Waals surface area contributed by atoms with Crippen LogP contribution in [0.3, 0.4) is 0 Å². The van der Waals surface area contributed by atoms with Crippen molar-refractivity contribution in [1.82, 2.24) is 24.5 Å². The number of aromatic nitrogens is 5. The molecule has 4 heterocycles. The third-order valence-corrected chi connectivity index (χ3v) is 6.07. The van der Waals surface area contributed by atoms with Crippen LogP contribution < -0.4 is 4.90 Å². The first-order chi connectivity index (χ1) is 16.1. The van der Waals surface area contributed by atoms with Gasteiger partial charge in [-0.05, 0) is 41.9 Å². The molecule has 3 aromatic heterocycles. The van der Waals surface area contributed by atoms with Crippen LogP contribution in [0.4, 0.5) is 14.5 Å². The second-order valence-electron chi connectivity index (χ2n) is 7.75. The fourth-order valence-corrected chi connectivity index (χ4v) is 4.46. The number of morpholine rings is 1. The molecular weight excluding hydrogens is 450 g/mol. The molecule has 166 valence electrons. The van der Waals surface area contributed by atoms with E-state index in [2.05, 4.69) is 24.8 Å². The third kappa shape index (κ3) is 3.32. The maximum atomic E-state index is 14.8. The minimum absolute atomic E-state index is 0.0285. The van der Waals surface area contributed by atoms with Crippen LogP contribution in [0.25, 0.3) is 38.9 Å². The number of rotatable bonds is 3. The van der Waals surface area contributed by atoms with Crippen molar-refractivity contribution in [2.75, 3.05) is 31.2 Å². The highest BCUT2D eigenvalue weighted by Crippen LogP contribution is 2.35. The van der Waals surface area contributed by atoms with Crippen LogP contribution in [0.5, 0.6) is 0 Å². The highest BCUT2D eigenvalue weighted by molar-refractivity contribution is 6.28. The number of ether oxygens (including phenoxy) is 1. The van der Waals surface area contributed by atoms with Crippen LogP contribution >= 0.6 is 11.6 Å². The number of benzene rings is 2. The number of H-pyrrole nitrogens is 1. The Morgan fingerprint density at radius 3 is 2.58 bits per heavy atom. The predicted octanol–water partition coefficient (Wildman–Crippen LogP) is 4.73. The molecule has 0 aliphatic carbocycles. The lowest BCUT2D eigenvalue weighted by Gasteiger charge is -2.29. The summed E-state index contributed by atoms with van der Waals surface area (Å²) in [5.41, 5.74) is 4.30. The summed E-state index contributed by atoms with van der Waals surface area (Å²) in [6.07, 6.45) is 4.72. The fourth-order valence-electron chi connectivity index (χ4n) is 4.31. The van der Waals surface area contributed by atoms with Gasteiger partial charge in [0.05, 0.1) is 47.2 Å². The van der Waals surface area contributed by atoms with Gasteiger partial charge in [-0.15, -0.1) is 0 Å². The Hall–Kier alpha value is -3.56. The quantitative estimate of drug-likeness (QED) is 0.416. The summed E-state index contributed by atoms with van der Waals surface area (Å²) < 4.78 is 36.5. The molecule has 1 N–H and O–H groups in total. The Bertz CT molecular complexity index is 1510. The molecular formula is C23H17ClF2N6O. The number of fused-ring (bicyclic) bond motifs is 2. The smallest absolute Gasteiger partial charge is 0.200 e. The SMILES string of the molecule is Fc1ccc(F)c2c(-n3cnc4c(-c5cnc(Cl)[nH]5)cc(N5CCOCC5)cc43)ccnc12. The van der Waals surface area contributed by atoms with Crippen molar-refractivity contribution in [3.05, 3.63) is 66.0 Å². The normalized spacial score (nSPS) is 14.5. The van der Waals surface area contributed by atoms with Crippen molar-refractivity contribution in [2.24, 2.45) is 0 Å². The summed E-state index contributed by atoms with van der Waals surface area (Å²) in [5.74, 6) is -1.14. The van der Waals surface area contributed by atoms with E-state index in [0.29, 0.717) is 30.1 Å². The van der Waals surface area contributed by atoms with E-state index in [1.807, 2.05) is 12.1 Å². The van der Waals surface area contributed by atoms with Crippen LogP contribution in [-0.2, 0) is 4.74 Å². The third-order valence-electron chi connectivity index (χ3n) is 5.88. The molecule has 0 saturated carbocycles. The van der Waals surface area contributed by atoms with Crippen molar-refractivity contribution in [3.63, 3.8) is 0 Å². The molecule has 0 unspecified atom stereocenters. The number of nitrogens with one attached hydrogen (secondary N) is 1. The highest BCUT2D eigenvalue weighted by atomic mass is 35.5. The molecule has 0 atom stereocenters. The molecule has 0 amide bonds. The number of aromatic amines is 1. The molecule has 10 heteroatoms. The Morgan fingerprint density at radius 2 is 1.79 bits per heavy atom. The molecule has 2 aromatic carbocycles. The Morgan fingerprint density at radius 1 is 0.970 bits per heavy atom. The fraction of sp³-hybridized carbons (Fsp3) is 0.174. The standard InChI is InChI=1S/C23H17ClF2N6O/c24-23-28-11-17(30-23)14-9-13(31-5-7-33-8-6-31)10-19-21(14)29-12-32(19)18-3-4-27-22-16(26)2-1-15(25)20(18)22/h1-4,9-12H,5-8H2,(H,28,30). The summed E-state index contributed by atoms with van der Waals surface area (Å²) >= 11 is 6.05. The number of halogens is 3. The van der Waals surface area contributed by atoms with Gasteiger partial charge in [0.2, 0.25) is 0 Å². The van der Waals surface area contributed by atoms with E-state index < -0.39 is 11.6 Å². The van der Waals surface area contributed by atoms with E-state index in [9.17, 15) is 8.78 Å². The van der Waals surface area contributed by atoms with Crippen LogP contribution in [0, 0.1) is 11.6 Å². The van der Waals surface area contributed by atoms with E-state index >= 15 is 0 Å². The Labute approximate surface area is 191 Å².